The molecule has 6 rings (SSSR count). The Morgan fingerprint density at radius 3 is 1.19 bits per heavy atom. The van der Waals surface area contributed by atoms with Crippen LogP contribution in [-0.2, 0) is 53.0 Å². The van der Waals surface area contributed by atoms with Crippen LogP contribution in [0.2, 0.25) is 0 Å². The fourth-order valence-electron chi connectivity index (χ4n) is 7.01. The molecular weight excluding hydrogens is 639 g/mol. The predicted molar refractivity (Wildman–Crippen MR) is 156 cm³/mol. The average Bonchev–Trinajstić information content (AvgIpc) is 3.42. The van der Waals surface area contributed by atoms with E-state index in [2.05, 4.69) is 26.7 Å². The topological polar surface area (TPSA) is 74.6 Å². The minimum Gasteiger partial charge on any atom is -1.00 e. The molecule has 6 aliphatic carbocycles. The number of carbonyl (C=O) groups is 2. The Morgan fingerprint density at radius 1 is 0.595 bits per heavy atom. The number of carboxylic acids is 2. The van der Waals surface area contributed by atoms with Crippen molar-refractivity contribution in [2.45, 2.75) is 130 Å². The molecule has 0 aliphatic heterocycles. The van der Waals surface area contributed by atoms with Crippen molar-refractivity contribution < 1.29 is 88.1 Å². The fourth-order valence-corrected chi connectivity index (χ4v) is 7.01. The number of rotatable bonds is 2. The summed E-state index contributed by atoms with van der Waals surface area (Å²) < 4.78 is 0. The van der Waals surface area contributed by atoms with Crippen molar-refractivity contribution in [1.29, 1.82) is 0 Å². The number of fused-ring (bicyclic) bond motifs is 2. The number of allylic oxidation sites excluding steroid dienone is 8. The Kier molecular flexibility index (Phi) is 23.1. The Morgan fingerprint density at radius 2 is 0.881 bits per heavy atom. The summed E-state index contributed by atoms with van der Waals surface area (Å²) in [6, 6.07) is 0. The van der Waals surface area contributed by atoms with E-state index in [1.54, 1.807) is 58.4 Å². The van der Waals surface area contributed by atoms with Crippen LogP contribution in [0.5, 0.6) is 0 Å². The third kappa shape index (κ3) is 11.5. The summed E-state index contributed by atoms with van der Waals surface area (Å²) in [6.45, 7) is 8.04. The maximum Gasteiger partial charge on any atom is 0.303 e. The molecule has 0 bridgehead atoms. The monoisotopic (exact) mass is 688 g/mol. The zero-order valence-corrected chi connectivity index (χ0v) is 30.7. The van der Waals surface area contributed by atoms with Crippen molar-refractivity contribution in [2.75, 3.05) is 0 Å². The Labute approximate surface area is 297 Å². The van der Waals surface area contributed by atoms with Gasteiger partial charge in [0.25, 0.3) is 0 Å². The van der Waals surface area contributed by atoms with E-state index < -0.39 is 11.9 Å². The molecule has 0 spiro atoms. The Bertz CT molecular complexity index is 869. The van der Waals surface area contributed by atoms with Gasteiger partial charge in [-0.05, 0) is 50.4 Å². The van der Waals surface area contributed by atoms with Gasteiger partial charge in [-0.3, -0.25) is 9.59 Å². The normalized spacial score (nSPS) is 22.7. The first kappa shape index (κ1) is 43.8. The van der Waals surface area contributed by atoms with Crippen molar-refractivity contribution in [3.05, 3.63) is 57.4 Å². The van der Waals surface area contributed by atoms with Crippen LogP contribution in [0.15, 0.2) is 44.6 Å². The second-order valence-electron chi connectivity index (χ2n) is 11.4. The van der Waals surface area contributed by atoms with Gasteiger partial charge in [-0.15, -0.1) is 24.0 Å². The molecular formula is C34H50Cl2O4Ti2-4. The molecule has 0 aromatic rings. The summed E-state index contributed by atoms with van der Waals surface area (Å²) in [7, 11) is 0. The second kappa shape index (κ2) is 22.2. The number of halogens is 2. The first-order valence-corrected chi connectivity index (χ1v) is 15.3. The summed E-state index contributed by atoms with van der Waals surface area (Å²) >= 11 is 0. The molecule has 4 nitrogen and oxygen atoms in total. The van der Waals surface area contributed by atoms with Crippen molar-refractivity contribution in [3.8, 4) is 0 Å². The molecule has 2 unspecified atom stereocenters. The van der Waals surface area contributed by atoms with Gasteiger partial charge < -0.3 is 35.0 Å². The molecule has 0 saturated carbocycles. The second-order valence-corrected chi connectivity index (χ2v) is 11.4. The number of hydrogen-bond donors (Lipinski definition) is 2. The largest absolute Gasteiger partial charge is 1.00 e. The van der Waals surface area contributed by atoms with Crippen LogP contribution in [-0.4, -0.2) is 22.2 Å². The molecule has 2 atom stereocenters. The molecule has 6 aliphatic rings. The van der Waals surface area contributed by atoms with Gasteiger partial charge in [0, 0.05) is 56.3 Å². The third-order valence-corrected chi connectivity index (χ3v) is 9.02. The Hall–Kier alpha value is -0.351. The summed E-state index contributed by atoms with van der Waals surface area (Å²) in [5.74, 6) is 0.0659. The maximum atomic E-state index is 9.37. The molecule has 42 heavy (non-hydrogen) atoms. The van der Waals surface area contributed by atoms with Crippen molar-refractivity contribution in [2.24, 2.45) is 11.8 Å². The zero-order chi connectivity index (χ0) is 27.7. The molecule has 0 saturated heterocycles. The molecule has 2 N–H and O–H groups in total. The van der Waals surface area contributed by atoms with Crippen molar-refractivity contribution in [1.82, 2.24) is 0 Å². The quantitative estimate of drug-likeness (QED) is 0.345. The number of aliphatic carboxylic acids is 2. The van der Waals surface area contributed by atoms with Crippen LogP contribution >= 0.6 is 0 Å². The van der Waals surface area contributed by atoms with E-state index in [0.717, 1.165) is 11.8 Å². The standard InChI is InChI=1S/2C14H19.2C3H6O2.2ClH.2Ti/c2*1-10-11-6-2-4-8-13(11)14-9-5-3-7-12(10)14;2*1-2-3(4)5;;;;/h2*6,10H,2-5,7-9H2,1H3;2*2H2,1H3,(H,4,5);2*1H;;/q2*-1;;;;;;/p-2. The van der Waals surface area contributed by atoms with Gasteiger partial charge in [0.15, 0.2) is 0 Å². The molecule has 0 fully saturated rings. The van der Waals surface area contributed by atoms with E-state index in [-0.39, 0.29) is 81.1 Å². The van der Waals surface area contributed by atoms with Gasteiger partial charge in [0.1, 0.15) is 0 Å². The van der Waals surface area contributed by atoms with Gasteiger partial charge in [0.2, 0.25) is 0 Å². The van der Waals surface area contributed by atoms with E-state index in [1.165, 1.54) is 89.9 Å². The van der Waals surface area contributed by atoms with Crippen molar-refractivity contribution >= 4 is 11.9 Å². The summed E-state index contributed by atoms with van der Waals surface area (Å²) in [6.07, 6.45) is 24.9. The van der Waals surface area contributed by atoms with E-state index in [0.29, 0.717) is 0 Å². The minimum absolute atomic E-state index is 0. The minimum atomic E-state index is -0.745. The smallest absolute Gasteiger partial charge is 0.303 e. The summed E-state index contributed by atoms with van der Waals surface area (Å²) in [5, 5.41) is 15.4. The molecule has 0 heterocycles. The van der Waals surface area contributed by atoms with Crippen LogP contribution in [0.4, 0.5) is 0 Å². The molecule has 0 amide bonds. The van der Waals surface area contributed by atoms with Crippen LogP contribution in [0.1, 0.15) is 130 Å². The first-order chi connectivity index (χ1) is 18.3. The molecule has 0 radical (unpaired) electrons. The molecule has 8 heteroatoms. The van der Waals surface area contributed by atoms with E-state index in [9.17, 15) is 9.59 Å². The zero-order valence-electron chi connectivity index (χ0n) is 26.1. The van der Waals surface area contributed by atoms with E-state index in [4.69, 9.17) is 10.2 Å². The van der Waals surface area contributed by atoms with Gasteiger partial charge >= 0.3 is 11.9 Å². The van der Waals surface area contributed by atoms with Crippen LogP contribution < -0.4 is 24.8 Å². The van der Waals surface area contributed by atoms with Gasteiger partial charge in [-0.1, -0.05) is 77.4 Å². The summed E-state index contributed by atoms with van der Waals surface area (Å²) in [5.41, 5.74) is 14.1. The number of hydrogen-bond acceptors (Lipinski definition) is 2. The summed E-state index contributed by atoms with van der Waals surface area (Å²) in [4.78, 5) is 18.7. The maximum absolute atomic E-state index is 9.37. The van der Waals surface area contributed by atoms with Crippen LogP contribution in [0.3, 0.4) is 0 Å². The Balaban J connectivity index is 0. The SMILES string of the molecule is CC1C2=C(CCC[CH-]2)C2=C1CCCC2.CC1C2=C(CCC[CH-]2)C2=C1CCCC2.CCC(=O)O.CCC(=O)O.[Cl-].[Cl-].[Ti].[Ti]. The van der Waals surface area contributed by atoms with E-state index >= 15 is 0 Å². The fraction of sp³-hybridized carbons (Fsp3) is 0.647. The van der Waals surface area contributed by atoms with Gasteiger partial charge in [-0.25, -0.2) is 24.0 Å². The molecule has 236 valence electrons. The van der Waals surface area contributed by atoms with Gasteiger partial charge in [-0.2, -0.15) is 11.1 Å². The molecule has 0 aromatic heterocycles. The number of carboxylic acid groups (broad SMARTS) is 2. The van der Waals surface area contributed by atoms with Crippen LogP contribution in [0.25, 0.3) is 0 Å². The van der Waals surface area contributed by atoms with Crippen molar-refractivity contribution in [3.63, 3.8) is 0 Å². The molecule has 0 aromatic carbocycles. The van der Waals surface area contributed by atoms with E-state index in [1.807, 2.05) is 0 Å². The first-order valence-electron chi connectivity index (χ1n) is 15.3. The predicted octanol–water partition coefficient (Wildman–Crippen LogP) is 3.35. The van der Waals surface area contributed by atoms with Crippen LogP contribution in [0, 0.1) is 24.7 Å². The third-order valence-electron chi connectivity index (χ3n) is 9.02. The average molecular weight is 689 g/mol. The van der Waals surface area contributed by atoms with Gasteiger partial charge in [0.05, 0.1) is 0 Å².